The molecule has 8 heteroatoms. The molecule has 2 fully saturated rings. The van der Waals surface area contributed by atoms with Crippen molar-refractivity contribution in [2.75, 3.05) is 43.4 Å². The molecule has 1 atom stereocenters. The van der Waals surface area contributed by atoms with Crippen LogP contribution in [-0.4, -0.2) is 61.4 Å². The molecular formula is C11H23N3O2S3. The molecule has 1 unspecified atom stereocenters. The molecule has 0 saturated carbocycles. The van der Waals surface area contributed by atoms with Crippen LogP contribution in [0, 0.1) is 5.92 Å². The number of nitrogens with two attached hydrogens (primary N) is 1. The molecule has 0 aromatic rings. The lowest BCUT2D eigenvalue weighted by atomic mass is 9.99. The highest BCUT2D eigenvalue weighted by Crippen LogP contribution is 2.24. The number of hydrogen-bond acceptors (Lipinski definition) is 5. The van der Waals surface area contributed by atoms with E-state index in [0.29, 0.717) is 37.3 Å². The number of rotatable bonds is 5. The van der Waals surface area contributed by atoms with Crippen molar-refractivity contribution in [1.82, 2.24) is 9.03 Å². The number of piperidine rings is 1. The van der Waals surface area contributed by atoms with Crippen LogP contribution in [0.1, 0.15) is 12.8 Å². The minimum Gasteiger partial charge on any atom is -0.330 e. The highest BCUT2D eigenvalue weighted by Gasteiger charge is 2.28. The minimum atomic E-state index is -3.29. The van der Waals surface area contributed by atoms with Gasteiger partial charge >= 0.3 is 0 Å². The van der Waals surface area contributed by atoms with E-state index in [4.69, 9.17) is 5.73 Å². The molecule has 2 aliphatic heterocycles. The highest BCUT2D eigenvalue weighted by atomic mass is 32.2. The SMILES string of the molecule is NCC1CCN(S(=O)(=O)NCC2CSCCS2)CC1. The fourth-order valence-electron chi connectivity index (χ4n) is 2.33. The zero-order chi connectivity index (χ0) is 13.7. The summed E-state index contributed by atoms with van der Waals surface area (Å²) in [6.07, 6.45) is 1.76. The van der Waals surface area contributed by atoms with Gasteiger partial charge in [0.25, 0.3) is 10.2 Å². The number of nitrogens with one attached hydrogen (secondary N) is 1. The first-order chi connectivity index (χ1) is 9.12. The van der Waals surface area contributed by atoms with Crippen LogP contribution in [-0.2, 0) is 10.2 Å². The van der Waals surface area contributed by atoms with E-state index in [1.165, 1.54) is 5.75 Å². The molecule has 19 heavy (non-hydrogen) atoms. The average molecular weight is 326 g/mol. The maximum Gasteiger partial charge on any atom is 0.279 e. The first-order valence-electron chi connectivity index (χ1n) is 6.76. The van der Waals surface area contributed by atoms with Gasteiger partial charge in [-0.1, -0.05) is 0 Å². The van der Waals surface area contributed by atoms with Gasteiger partial charge in [0.1, 0.15) is 0 Å². The number of hydrogen-bond donors (Lipinski definition) is 2. The minimum absolute atomic E-state index is 0.412. The third-order valence-corrected chi connectivity index (χ3v) is 8.05. The van der Waals surface area contributed by atoms with E-state index in [1.54, 1.807) is 4.31 Å². The largest absolute Gasteiger partial charge is 0.330 e. The predicted octanol–water partition coefficient (Wildman–Crippen LogP) is 0.340. The van der Waals surface area contributed by atoms with Gasteiger partial charge in [0.05, 0.1) is 0 Å². The van der Waals surface area contributed by atoms with Crippen molar-refractivity contribution >= 4 is 33.7 Å². The molecule has 112 valence electrons. The van der Waals surface area contributed by atoms with Crippen molar-refractivity contribution in [2.24, 2.45) is 11.7 Å². The highest BCUT2D eigenvalue weighted by molar-refractivity contribution is 8.06. The van der Waals surface area contributed by atoms with Crippen LogP contribution in [0.2, 0.25) is 0 Å². The molecule has 0 bridgehead atoms. The van der Waals surface area contributed by atoms with Crippen LogP contribution < -0.4 is 10.5 Å². The number of nitrogens with zero attached hydrogens (tertiary/aromatic N) is 1. The Kier molecular flexibility index (Phi) is 6.29. The van der Waals surface area contributed by atoms with Gasteiger partial charge in [-0.25, -0.2) is 4.72 Å². The van der Waals surface area contributed by atoms with Crippen molar-refractivity contribution in [1.29, 1.82) is 0 Å². The Morgan fingerprint density at radius 3 is 2.58 bits per heavy atom. The van der Waals surface area contributed by atoms with Gasteiger partial charge in [-0.05, 0) is 25.3 Å². The Morgan fingerprint density at radius 1 is 1.26 bits per heavy atom. The second-order valence-corrected chi connectivity index (χ2v) is 9.31. The van der Waals surface area contributed by atoms with Gasteiger partial charge in [0, 0.05) is 42.1 Å². The second kappa shape index (κ2) is 7.51. The lowest BCUT2D eigenvalue weighted by Gasteiger charge is -2.31. The summed E-state index contributed by atoms with van der Waals surface area (Å²) in [6.45, 7) is 2.42. The Labute approximate surface area is 124 Å². The van der Waals surface area contributed by atoms with Crippen molar-refractivity contribution in [3.05, 3.63) is 0 Å². The van der Waals surface area contributed by atoms with Crippen molar-refractivity contribution < 1.29 is 8.42 Å². The molecule has 0 amide bonds. The van der Waals surface area contributed by atoms with Crippen LogP contribution >= 0.6 is 23.5 Å². The molecule has 0 radical (unpaired) electrons. The summed E-state index contributed by atoms with van der Waals surface area (Å²) in [5, 5.41) is 0.412. The lowest BCUT2D eigenvalue weighted by molar-refractivity contribution is 0.276. The molecule has 2 aliphatic rings. The standard InChI is InChI=1S/C11H23N3O2S3/c12-7-10-1-3-14(4-2-10)19(15,16)13-8-11-9-17-5-6-18-11/h10-11,13H,1-9,12H2. The van der Waals surface area contributed by atoms with Crippen LogP contribution in [0.15, 0.2) is 0 Å². The Balaban J connectivity index is 1.78. The fourth-order valence-corrected chi connectivity index (χ4v) is 6.33. The molecule has 0 aromatic carbocycles. The summed E-state index contributed by atoms with van der Waals surface area (Å²) in [4.78, 5) is 0. The molecule has 3 N–H and O–H groups in total. The molecule has 2 heterocycles. The maximum absolute atomic E-state index is 12.2. The van der Waals surface area contributed by atoms with Gasteiger partial charge in [-0.2, -0.15) is 36.2 Å². The molecule has 0 aromatic heterocycles. The third-order valence-electron chi connectivity index (χ3n) is 3.63. The molecule has 2 rings (SSSR count). The topological polar surface area (TPSA) is 75.4 Å². The van der Waals surface area contributed by atoms with Crippen LogP contribution in [0.3, 0.4) is 0 Å². The second-order valence-electron chi connectivity index (χ2n) is 5.00. The van der Waals surface area contributed by atoms with Crippen molar-refractivity contribution in [2.45, 2.75) is 18.1 Å². The Bertz CT molecular complexity index is 363. The van der Waals surface area contributed by atoms with Crippen LogP contribution in [0.25, 0.3) is 0 Å². The predicted molar refractivity (Wildman–Crippen MR) is 83.8 cm³/mol. The van der Waals surface area contributed by atoms with Gasteiger partial charge in [0.2, 0.25) is 0 Å². The van der Waals surface area contributed by atoms with E-state index in [0.717, 1.165) is 24.3 Å². The molecule has 0 spiro atoms. The molecule has 5 nitrogen and oxygen atoms in total. The van der Waals surface area contributed by atoms with Crippen molar-refractivity contribution in [3.63, 3.8) is 0 Å². The van der Waals surface area contributed by atoms with Gasteiger partial charge in [-0.15, -0.1) is 0 Å². The van der Waals surface area contributed by atoms with Crippen LogP contribution in [0.5, 0.6) is 0 Å². The summed E-state index contributed by atoms with van der Waals surface area (Å²) < 4.78 is 28.7. The Morgan fingerprint density at radius 2 is 2.00 bits per heavy atom. The van der Waals surface area contributed by atoms with E-state index < -0.39 is 10.2 Å². The number of thioether (sulfide) groups is 2. The smallest absolute Gasteiger partial charge is 0.279 e. The first kappa shape index (κ1) is 15.9. The lowest BCUT2D eigenvalue weighted by Crippen LogP contribution is -2.47. The third kappa shape index (κ3) is 4.78. The summed E-state index contributed by atoms with van der Waals surface area (Å²) in [6, 6.07) is 0. The average Bonchev–Trinajstić information content (AvgIpc) is 2.46. The summed E-state index contributed by atoms with van der Waals surface area (Å²) >= 11 is 3.78. The normalized spacial score (nSPS) is 27.5. The molecule has 2 saturated heterocycles. The quantitative estimate of drug-likeness (QED) is 0.762. The summed E-state index contributed by atoms with van der Waals surface area (Å²) in [5.74, 6) is 3.83. The zero-order valence-corrected chi connectivity index (χ0v) is 13.5. The van der Waals surface area contributed by atoms with Gasteiger partial charge < -0.3 is 5.73 Å². The van der Waals surface area contributed by atoms with Crippen LogP contribution in [0.4, 0.5) is 0 Å². The summed E-state index contributed by atoms with van der Waals surface area (Å²) in [5.41, 5.74) is 5.63. The van der Waals surface area contributed by atoms with E-state index >= 15 is 0 Å². The zero-order valence-electron chi connectivity index (χ0n) is 11.1. The molecule has 0 aliphatic carbocycles. The van der Waals surface area contributed by atoms with Crippen molar-refractivity contribution in [3.8, 4) is 0 Å². The maximum atomic E-state index is 12.2. The molecular weight excluding hydrogens is 302 g/mol. The fraction of sp³-hybridized carbons (Fsp3) is 1.00. The van der Waals surface area contributed by atoms with Gasteiger partial charge in [0.15, 0.2) is 0 Å². The van der Waals surface area contributed by atoms with E-state index in [2.05, 4.69) is 4.72 Å². The Hall–Kier alpha value is 0.530. The first-order valence-corrected chi connectivity index (χ1v) is 10.4. The van der Waals surface area contributed by atoms with E-state index in [-0.39, 0.29) is 0 Å². The van der Waals surface area contributed by atoms with Gasteiger partial charge in [-0.3, -0.25) is 0 Å². The summed E-state index contributed by atoms with van der Waals surface area (Å²) in [7, 11) is -3.29. The monoisotopic (exact) mass is 325 g/mol. The van der Waals surface area contributed by atoms with E-state index in [9.17, 15) is 8.42 Å². The van der Waals surface area contributed by atoms with E-state index in [1.807, 2.05) is 23.5 Å².